The molecule has 2 N–H and O–H groups in total. The molecule has 1 aromatic rings. The third-order valence-corrected chi connectivity index (χ3v) is 3.46. The van der Waals surface area contributed by atoms with E-state index in [9.17, 15) is 0 Å². The summed E-state index contributed by atoms with van der Waals surface area (Å²) in [6, 6.07) is 7.91. The first-order valence-electron chi connectivity index (χ1n) is 8.28. The second-order valence-corrected chi connectivity index (χ2v) is 5.35. The van der Waals surface area contributed by atoms with E-state index >= 15 is 0 Å². The molecule has 0 aliphatic heterocycles. The Morgan fingerprint density at radius 2 is 1.52 bits per heavy atom. The molecule has 0 radical (unpaired) electrons. The van der Waals surface area contributed by atoms with Crippen LogP contribution in [-0.2, 0) is 0 Å². The minimum Gasteiger partial charge on any atom is -0.494 e. The van der Waals surface area contributed by atoms with E-state index in [0.29, 0.717) is 6.54 Å². The molecule has 116 valence electrons. The van der Waals surface area contributed by atoms with Crippen molar-refractivity contribution in [1.29, 1.82) is 0 Å². The van der Waals surface area contributed by atoms with E-state index in [4.69, 9.17) is 10.5 Å². The molecule has 0 amide bonds. The first-order valence-corrected chi connectivity index (χ1v) is 8.28. The molecule has 0 spiro atoms. The summed E-state index contributed by atoms with van der Waals surface area (Å²) in [6.07, 6.45) is 10.6. The number of hydrogen-bond donors (Lipinski definition) is 1. The molecular formula is C19H29NO. The van der Waals surface area contributed by atoms with Crippen molar-refractivity contribution >= 4 is 0 Å². The molecule has 0 fully saturated rings. The van der Waals surface area contributed by atoms with Gasteiger partial charge in [-0.05, 0) is 30.7 Å². The van der Waals surface area contributed by atoms with Crippen molar-refractivity contribution < 1.29 is 4.74 Å². The lowest BCUT2D eigenvalue weighted by Crippen LogP contribution is -1.97. The quantitative estimate of drug-likeness (QED) is 0.507. The van der Waals surface area contributed by atoms with Gasteiger partial charge in [0.1, 0.15) is 5.75 Å². The van der Waals surface area contributed by atoms with Gasteiger partial charge in [-0.25, -0.2) is 0 Å². The summed E-state index contributed by atoms with van der Waals surface area (Å²) in [5, 5.41) is 0. The lowest BCUT2D eigenvalue weighted by molar-refractivity contribution is 0.304. The Bertz CT molecular complexity index is 413. The number of hydrogen-bond acceptors (Lipinski definition) is 2. The van der Waals surface area contributed by atoms with Gasteiger partial charge in [0.15, 0.2) is 0 Å². The molecule has 0 bridgehead atoms. The zero-order valence-corrected chi connectivity index (χ0v) is 13.4. The van der Waals surface area contributed by atoms with Crippen molar-refractivity contribution in [3.63, 3.8) is 0 Å². The van der Waals surface area contributed by atoms with Gasteiger partial charge in [-0.2, -0.15) is 0 Å². The number of unbranched alkanes of at least 4 members (excludes halogenated alkanes) is 7. The third kappa shape index (κ3) is 9.15. The molecule has 0 unspecified atom stereocenters. The van der Waals surface area contributed by atoms with Crippen LogP contribution in [0.1, 0.15) is 63.9 Å². The minimum absolute atomic E-state index is 0.399. The van der Waals surface area contributed by atoms with Crippen molar-refractivity contribution in [3.8, 4) is 17.6 Å². The van der Waals surface area contributed by atoms with E-state index in [1.807, 2.05) is 24.3 Å². The maximum absolute atomic E-state index is 5.74. The molecule has 0 aliphatic rings. The molecule has 0 aromatic heterocycles. The summed E-state index contributed by atoms with van der Waals surface area (Å²) in [5.74, 6) is 6.78. The van der Waals surface area contributed by atoms with Crippen molar-refractivity contribution in [1.82, 2.24) is 0 Å². The molecule has 1 rings (SSSR count). The Labute approximate surface area is 130 Å². The van der Waals surface area contributed by atoms with Gasteiger partial charge in [-0.1, -0.05) is 63.7 Å². The first-order chi connectivity index (χ1) is 10.4. The summed E-state index contributed by atoms with van der Waals surface area (Å²) in [5.41, 5.74) is 6.33. The Morgan fingerprint density at radius 1 is 0.905 bits per heavy atom. The maximum Gasteiger partial charge on any atom is 0.119 e. The predicted molar refractivity (Wildman–Crippen MR) is 90.5 cm³/mol. The monoisotopic (exact) mass is 287 g/mol. The Morgan fingerprint density at radius 3 is 2.14 bits per heavy atom. The molecular weight excluding hydrogens is 258 g/mol. The highest BCUT2D eigenvalue weighted by Crippen LogP contribution is 2.13. The van der Waals surface area contributed by atoms with E-state index in [-0.39, 0.29) is 0 Å². The molecule has 2 nitrogen and oxygen atoms in total. The number of rotatable bonds is 10. The third-order valence-electron chi connectivity index (χ3n) is 3.46. The molecule has 21 heavy (non-hydrogen) atoms. The van der Waals surface area contributed by atoms with E-state index in [1.165, 1.54) is 44.9 Å². The average molecular weight is 287 g/mol. The fourth-order valence-electron chi connectivity index (χ4n) is 2.21. The molecule has 0 saturated carbocycles. The lowest BCUT2D eigenvalue weighted by Gasteiger charge is -2.06. The van der Waals surface area contributed by atoms with Gasteiger partial charge in [0.2, 0.25) is 0 Å². The van der Waals surface area contributed by atoms with Gasteiger partial charge in [0, 0.05) is 5.56 Å². The Balaban J connectivity index is 2.05. The Hall–Kier alpha value is -1.46. The second kappa shape index (κ2) is 12.3. The van der Waals surface area contributed by atoms with Crippen LogP contribution in [0, 0.1) is 11.8 Å². The van der Waals surface area contributed by atoms with Gasteiger partial charge in [0.05, 0.1) is 13.2 Å². The highest BCUT2D eigenvalue weighted by Gasteiger charge is 1.95. The van der Waals surface area contributed by atoms with Crippen molar-refractivity contribution in [2.45, 2.75) is 58.3 Å². The van der Waals surface area contributed by atoms with Gasteiger partial charge in [-0.3, -0.25) is 0 Å². The summed E-state index contributed by atoms with van der Waals surface area (Å²) < 4.78 is 5.74. The van der Waals surface area contributed by atoms with Crippen LogP contribution in [0.5, 0.6) is 5.75 Å². The fraction of sp³-hybridized carbons (Fsp3) is 0.579. The molecule has 0 saturated heterocycles. The second-order valence-electron chi connectivity index (χ2n) is 5.35. The molecule has 1 aromatic carbocycles. The zero-order chi connectivity index (χ0) is 15.2. The van der Waals surface area contributed by atoms with Gasteiger partial charge < -0.3 is 10.5 Å². The van der Waals surface area contributed by atoms with Crippen molar-refractivity contribution in [2.75, 3.05) is 13.2 Å². The van der Waals surface area contributed by atoms with E-state index in [1.54, 1.807) is 0 Å². The fourth-order valence-corrected chi connectivity index (χ4v) is 2.21. The van der Waals surface area contributed by atoms with Crippen LogP contribution in [-0.4, -0.2) is 13.2 Å². The van der Waals surface area contributed by atoms with Crippen molar-refractivity contribution in [3.05, 3.63) is 29.8 Å². The minimum atomic E-state index is 0.399. The SMILES string of the molecule is CCCCCCCCCCOc1ccc(C#CCN)cc1. The number of benzene rings is 1. The standard InChI is InChI=1S/C19H29NO/c1-2-3-4-5-6-7-8-9-17-21-19-14-12-18(13-15-19)11-10-16-20/h12-15H,2-9,16-17,20H2,1H3. The van der Waals surface area contributed by atoms with E-state index in [0.717, 1.165) is 24.3 Å². The smallest absolute Gasteiger partial charge is 0.119 e. The molecule has 2 heteroatoms. The van der Waals surface area contributed by atoms with Crippen LogP contribution in [0.15, 0.2) is 24.3 Å². The largest absolute Gasteiger partial charge is 0.494 e. The van der Waals surface area contributed by atoms with Gasteiger partial charge in [0.25, 0.3) is 0 Å². The van der Waals surface area contributed by atoms with Crippen LogP contribution in [0.2, 0.25) is 0 Å². The van der Waals surface area contributed by atoms with Crippen LogP contribution >= 0.6 is 0 Å². The van der Waals surface area contributed by atoms with Crippen LogP contribution in [0.3, 0.4) is 0 Å². The van der Waals surface area contributed by atoms with Crippen LogP contribution < -0.4 is 10.5 Å². The summed E-state index contributed by atoms with van der Waals surface area (Å²) in [4.78, 5) is 0. The van der Waals surface area contributed by atoms with Crippen LogP contribution in [0.25, 0.3) is 0 Å². The average Bonchev–Trinajstić information content (AvgIpc) is 2.52. The normalized spacial score (nSPS) is 10.0. The topological polar surface area (TPSA) is 35.2 Å². The number of ether oxygens (including phenoxy) is 1. The molecule has 0 heterocycles. The first kappa shape index (κ1) is 17.6. The predicted octanol–water partition coefficient (Wildman–Crippen LogP) is 4.52. The molecule has 0 aliphatic carbocycles. The van der Waals surface area contributed by atoms with Crippen LogP contribution in [0.4, 0.5) is 0 Å². The zero-order valence-electron chi connectivity index (χ0n) is 13.4. The van der Waals surface area contributed by atoms with E-state index < -0.39 is 0 Å². The lowest BCUT2D eigenvalue weighted by atomic mass is 10.1. The highest BCUT2D eigenvalue weighted by molar-refractivity contribution is 5.38. The highest BCUT2D eigenvalue weighted by atomic mass is 16.5. The summed E-state index contributed by atoms with van der Waals surface area (Å²) in [7, 11) is 0. The Kier molecular flexibility index (Phi) is 10.3. The van der Waals surface area contributed by atoms with Crippen molar-refractivity contribution in [2.24, 2.45) is 5.73 Å². The number of nitrogens with two attached hydrogens (primary N) is 1. The summed E-state index contributed by atoms with van der Waals surface area (Å²) >= 11 is 0. The van der Waals surface area contributed by atoms with Gasteiger partial charge >= 0.3 is 0 Å². The molecule has 0 atom stereocenters. The van der Waals surface area contributed by atoms with Gasteiger partial charge in [-0.15, -0.1) is 0 Å². The summed E-state index contributed by atoms with van der Waals surface area (Å²) in [6.45, 7) is 3.47. The van der Waals surface area contributed by atoms with E-state index in [2.05, 4.69) is 18.8 Å². The maximum atomic E-state index is 5.74.